The quantitative estimate of drug-likeness (QED) is 0.386. The fourth-order valence-corrected chi connectivity index (χ4v) is 4.32. The predicted molar refractivity (Wildman–Crippen MR) is 121 cm³/mol. The highest BCUT2D eigenvalue weighted by atomic mass is 19.2. The van der Waals surface area contributed by atoms with Gasteiger partial charge in [-0.3, -0.25) is 4.79 Å². The molecule has 1 aliphatic heterocycles. The van der Waals surface area contributed by atoms with Crippen molar-refractivity contribution in [1.82, 2.24) is 4.90 Å². The summed E-state index contributed by atoms with van der Waals surface area (Å²) in [5.41, 5.74) is 1.66. The topological polar surface area (TPSA) is 29.5 Å². The molecule has 0 saturated carbocycles. The van der Waals surface area contributed by atoms with Gasteiger partial charge in [-0.05, 0) is 60.9 Å². The molecule has 0 bridgehead atoms. The molecule has 0 spiro atoms. The van der Waals surface area contributed by atoms with E-state index in [2.05, 4.69) is 0 Å². The van der Waals surface area contributed by atoms with Gasteiger partial charge < -0.3 is 9.64 Å². The summed E-state index contributed by atoms with van der Waals surface area (Å²) in [6, 6.07) is 14.5. The Morgan fingerprint density at radius 3 is 2.21 bits per heavy atom. The zero-order valence-corrected chi connectivity index (χ0v) is 18.6. The number of ether oxygens (including phenoxy) is 1. The number of amides is 1. The first-order valence-corrected chi connectivity index (χ1v) is 11.3. The maximum absolute atomic E-state index is 13.8. The highest BCUT2D eigenvalue weighted by molar-refractivity contribution is 5.78. The molecular weight excluding hydrogens is 446 g/mol. The number of piperidine rings is 1. The Hall–Kier alpha value is -3.35. The van der Waals surface area contributed by atoms with Crippen molar-refractivity contribution in [3.8, 4) is 16.9 Å². The van der Waals surface area contributed by atoms with E-state index in [1.54, 1.807) is 29.2 Å². The Kier molecular flexibility index (Phi) is 7.50. The number of hydrogen-bond donors (Lipinski definition) is 0. The number of likely N-dealkylation sites (tertiary alicyclic amines) is 1. The number of hydrogen-bond acceptors (Lipinski definition) is 2. The smallest absolute Gasteiger partial charge is 0.260 e. The Morgan fingerprint density at radius 2 is 1.53 bits per heavy atom. The largest absolute Gasteiger partial charge is 0.483 e. The molecule has 0 aromatic heterocycles. The van der Waals surface area contributed by atoms with Crippen molar-refractivity contribution < 1.29 is 27.1 Å². The number of rotatable bonds is 7. The minimum absolute atomic E-state index is 0.107. The van der Waals surface area contributed by atoms with E-state index in [9.17, 15) is 22.4 Å². The molecule has 1 aliphatic rings. The van der Waals surface area contributed by atoms with Crippen LogP contribution in [0.15, 0.2) is 60.7 Å². The minimum Gasteiger partial charge on any atom is -0.483 e. The molecule has 1 fully saturated rings. The maximum Gasteiger partial charge on any atom is 0.260 e. The summed E-state index contributed by atoms with van der Waals surface area (Å²) >= 11 is 0. The molecule has 34 heavy (non-hydrogen) atoms. The Labute approximate surface area is 196 Å². The van der Waals surface area contributed by atoms with Gasteiger partial charge in [0, 0.05) is 30.8 Å². The van der Waals surface area contributed by atoms with Gasteiger partial charge in [-0.15, -0.1) is 0 Å². The Balaban J connectivity index is 1.30. The van der Waals surface area contributed by atoms with Crippen LogP contribution in [0.5, 0.6) is 5.75 Å². The highest BCUT2D eigenvalue weighted by Crippen LogP contribution is 2.32. The summed E-state index contributed by atoms with van der Waals surface area (Å²) in [5, 5.41) is 0. The van der Waals surface area contributed by atoms with Crippen LogP contribution in [0.2, 0.25) is 0 Å². The lowest BCUT2D eigenvalue weighted by Gasteiger charge is -2.32. The van der Waals surface area contributed by atoms with Crippen molar-refractivity contribution in [3.05, 3.63) is 89.5 Å². The number of benzene rings is 3. The molecule has 0 aliphatic carbocycles. The predicted octanol–water partition coefficient (Wildman–Crippen LogP) is 6.16. The molecule has 3 aromatic carbocycles. The SMILES string of the molecule is O=C(COc1cc(F)c(F)cc1-c1ccccc1)N1CCC(CCc2cc(F)cc(F)c2)CC1. The van der Waals surface area contributed by atoms with Crippen LogP contribution in [0.1, 0.15) is 24.8 Å². The van der Waals surface area contributed by atoms with Gasteiger partial charge in [-0.1, -0.05) is 30.3 Å². The first-order valence-electron chi connectivity index (χ1n) is 11.3. The third kappa shape index (κ3) is 5.95. The molecule has 3 aromatic rings. The molecule has 1 heterocycles. The van der Waals surface area contributed by atoms with Crippen LogP contribution in [0.4, 0.5) is 17.6 Å². The summed E-state index contributed by atoms with van der Waals surface area (Å²) in [6.45, 7) is 0.819. The van der Waals surface area contributed by atoms with Crippen LogP contribution in [0.3, 0.4) is 0 Å². The summed E-state index contributed by atoms with van der Waals surface area (Å²) in [4.78, 5) is 14.4. The molecule has 4 rings (SSSR count). The van der Waals surface area contributed by atoms with Gasteiger partial charge in [0.25, 0.3) is 5.91 Å². The van der Waals surface area contributed by atoms with Gasteiger partial charge >= 0.3 is 0 Å². The standard InChI is InChI=1S/C27H25F4NO2/c28-21-12-19(13-22(29)14-21)7-6-18-8-10-32(11-9-18)27(33)17-34-26-16-25(31)24(30)15-23(26)20-4-2-1-3-5-20/h1-5,12-16,18H,6-11,17H2. The van der Waals surface area contributed by atoms with Gasteiger partial charge in [0.1, 0.15) is 17.4 Å². The van der Waals surface area contributed by atoms with Crippen LogP contribution in [-0.2, 0) is 11.2 Å². The number of aryl methyl sites for hydroxylation is 1. The normalized spacial score (nSPS) is 14.3. The van der Waals surface area contributed by atoms with E-state index in [0.29, 0.717) is 42.1 Å². The van der Waals surface area contributed by atoms with E-state index in [4.69, 9.17) is 4.74 Å². The van der Waals surface area contributed by atoms with Crippen LogP contribution >= 0.6 is 0 Å². The first kappa shape index (κ1) is 23.8. The zero-order chi connectivity index (χ0) is 24.1. The van der Waals surface area contributed by atoms with E-state index in [1.807, 2.05) is 6.07 Å². The van der Waals surface area contributed by atoms with E-state index >= 15 is 0 Å². The van der Waals surface area contributed by atoms with Gasteiger partial charge in [-0.25, -0.2) is 17.6 Å². The van der Waals surface area contributed by atoms with Crippen molar-refractivity contribution in [2.45, 2.75) is 25.7 Å². The second kappa shape index (κ2) is 10.7. The molecule has 7 heteroatoms. The van der Waals surface area contributed by atoms with Crippen molar-refractivity contribution in [2.75, 3.05) is 19.7 Å². The van der Waals surface area contributed by atoms with E-state index in [1.165, 1.54) is 12.1 Å². The molecule has 1 saturated heterocycles. The maximum atomic E-state index is 13.8. The lowest BCUT2D eigenvalue weighted by atomic mass is 9.90. The highest BCUT2D eigenvalue weighted by Gasteiger charge is 2.24. The van der Waals surface area contributed by atoms with E-state index in [-0.39, 0.29) is 18.3 Å². The molecule has 0 N–H and O–H groups in total. The molecule has 1 amide bonds. The number of halogens is 4. The zero-order valence-electron chi connectivity index (χ0n) is 18.6. The van der Waals surface area contributed by atoms with Gasteiger partial charge in [-0.2, -0.15) is 0 Å². The second-order valence-electron chi connectivity index (χ2n) is 8.56. The Morgan fingerprint density at radius 1 is 0.882 bits per heavy atom. The summed E-state index contributed by atoms with van der Waals surface area (Å²) in [6.07, 6.45) is 2.93. The van der Waals surface area contributed by atoms with Gasteiger partial charge in [0.15, 0.2) is 18.2 Å². The fraction of sp³-hybridized carbons (Fsp3) is 0.296. The van der Waals surface area contributed by atoms with Gasteiger partial charge in [0.05, 0.1) is 0 Å². The summed E-state index contributed by atoms with van der Waals surface area (Å²) < 4.78 is 60.0. The molecular formula is C27H25F4NO2. The van der Waals surface area contributed by atoms with E-state index < -0.39 is 23.3 Å². The van der Waals surface area contributed by atoms with Crippen LogP contribution < -0.4 is 4.74 Å². The monoisotopic (exact) mass is 471 g/mol. The average molecular weight is 471 g/mol. The van der Waals surface area contributed by atoms with Gasteiger partial charge in [0.2, 0.25) is 0 Å². The fourth-order valence-electron chi connectivity index (χ4n) is 4.32. The first-order chi connectivity index (χ1) is 16.4. The van der Waals surface area contributed by atoms with Crippen molar-refractivity contribution in [3.63, 3.8) is 0 Å². The lowest BCUT2D eigenvalue weighted by molar-refractivity contribution is -0.134. The summed E-state index contributed by atoms with van der Waals surface area (Å²) in [5.74, 6) is -2.95. The molecule has 3 nitrogen and oxygen atoms in total. The molecule has 0 atom stereocenters. The minimum atomic E-state index is -1.04. The van der Waals surface area contributed by atoms with Crippen molar-refractivity contribution in [2.24, 2.45) is 5.92 Å². The molecule has 178 valence electrons. The van der Waals surface area contributed by atoms with Crippen molar-refractivity contribution >= 4 is 5.91 Å². The summed E-state index contributed by atoms with van der Waals surface area (Å²) in [7, 11) is 0. The number of carbonyl (C=O) groups excluding carboxylic acids is 1. The van der Waals surface area contributed by atoms with Crippen LogP contribution in [0, 0.1) is 29.2 Å². The molecule has 0 unspecified atom stereocenters. The van der Waals surface area contributed by atoms with E-state index in [0.717, 1.165) is 37.5 Å². The molecule has 0 radical (unpaired) electrons. The third-order valence-electron chi connectivity index (χ3n) is 6.19. The van der Waals surface area contributed by atoms with Crippen LogP contribution in [-0.4, -0.2) is 30.5 Å². The number of nitrogens with zero attached hydrogens (tertiary/aromatic N) is 1. The Bertz CT molecular complexity index is 1120. The number of carbonyl (C=O) groups is 1. The van der Waals surface area contributed by atoms with Crippen molar-refractivity contribution in [1.29, 1.82) is 0 Å². The average Bonchev–Trinajstić information content (AvgIpc) is 2.83. The third-order valence-corrected chi connectivity index (χ3v) is 6.19. The van der Waals surface area contributed by atoms with Crippen LogP contribution in [0.25, 0.3) is 11.1 Å². The second-order valence-corrected chi connectivity index (χ2v) is 8.56. The lowest BCUT2D eigenvalue weighted by Crippen LogP contribution is -2.41.